The highest BCUT2D eigenvalue weighted by molar-refractivity contribution is 7.86. The average molecular weight is 1060 g/mol. The van der Waals surface area contributed by atoms with Crippen LogP contribution in [0.5, 0.6) is 5.75 Å². The van der Waals surface area contributed by atoms with Gasteiger partial charge in [-0.3, -0.25) is 14.1 Å². The van der Waals surface area contributed by atoms with Crippen LogP contribution in [0.3, 0.4) is 0 Å². The molecule has 0 saturated carbocycles. The van der Waals surface area contributed by atoms with Crippen molar-refractivity contribution in [2.75, 3.05) is 90.3 Å². The van der Waals surface area contributed by atoms with Gasteiger partial charge in [0.15, 0.2) is 5.71 Å². The van der Waals surface area contributed by atoms with Crippen LogP contribution in [0.2, 0.25) is 0 Å². The SMILES string of the molecule is COCCOCCOCCOCCOCCN1c2cc3c(cc2C(C)=CC1(C)C)/C(=C/C1=[N+](CCCS(=O)(=O)O)c2ccc(S(=O)(=O)[O-])cc2C1(C)CCCC(=O)ON1C(=O)CCC1=O)C=C(c1ccccc1)O3. The quantitative estimate of drug-likeness (QED) is 0.0385. The number of ether oxygens (including phenoxy) is 6. The van der Waals surface area contributed by atoms with Gasteiger partial charge in [-0.05, 0) is 76.0 Å². The fourth-order valence-electron chi connectivity index (χ4n) is 9.71. The van der Waals surface area contributed by atoms with E-state index in [1.54, 1.807) is 7.11 Å². The molecule has 3 aromatic rings. The molecule has 0 spiro atoms. The van der Waals surface area contributed by atoms with Gasteiger partial charge < -0.3 is 42.7 Å². The van der Waals surface area contributed by atoms with E-state index < -0.39 is 59.6 Å². The van der Waals surface area contributed by atoms with Crippen LogP contribution in [0.15, 0.2) is 83.8 Å². The van der Waals surface area contributed by atoms with Crippen molar-refractivity contribution in [3.8, 4) is 5.75 Å². The molecule has 1 unspecified atom stereocenters. The third-order valence-corrected chi connectivity index (χ3v) is 14.9. The minimum Gasteiger partial charge on any atom is -0.744 e. The molecular weight excluding hydrogens is 999 g/mol. The first-order valence-electron chi connectivity index (χ1n) is 24.6. The molecule has 3 aromatic carbocycles. The summed E-state index contributed by atoms with van der Waals surface area (Å²) < 4.78 is 108. The Labute approximate surface area is 432 Å². The van der Waals surface area contributed by atoms with Gasteiger partial charge in [0, 0.05) is 85.5 Å². The second-order valence-corrected chi connectivity index (χ2v) is 22.0. The second kappa shape index (κ2) is 24.4. The number of amides is 2. The number of hydrogen-bond donors (Lipinski definition) is 1. The van der Waals surface area contributed by atoms with Gasteiger partial charge in [0.2, 0.25) is 5.69 Å². The number of nitrogens with zero attached hydrogens (tertiary/aromatic N) is 3. The van der Waals surface area contributed by atoms with Crippen molar-refractivity contribution in [2.45, 2.75) is 82.1 Å². The number of imide groups is 1. The van der Waals surface area contributed by atoms with Crippen molar-refractivity contribution >= 4 is 72.0 Å². The van der Waals surface area contributed by atoms with Crippen LogP contribution in [-0.2, 0) is 68.6 Å². The Bertz CT molecular complexity index is 2920. The van der Waals surface area contributed by atoms with Gasteiger partial charge in [-0.25, -0.2) is 13.2 Å². The number of methoxy groups -OCH3 is 1. The van der Waals surface area contributed by atoms with E-state index in [0.29, 0.717) is 111 Å². The summed E-state index contributed by atoms with van der Waals surface area (Å²) in [5, 5.41) is 0.476. The number of rotatable bonds is 27. The van der Waals surface area contributed by atoms with Crippen molar-refractivity contribution in [3.63, 3.8) is 0 Å². The van der Waals surface area contributed by atoms with Gasteiger partial charge in [0.05, 0.1) is 81.1 Å². The number of allylic oxidation sites excluding steroid dienone is 4. The Morgan fingerprint density at radius 2 is 1.47 bits per heavy atom. The van der Waals surface area contributed by atoms with Gasteiger partial charge in [-0.15, -0.1) is 5.06 Å². The highest BCUT2D eigenvalue weighted by Crippen LogP contribution is 2.49. The molecule has 4 heterocycles. The van der Waals surface area contributed by atoms with E-state index in [-0.39, 0.29) is 45.1 Å². The molecule has 0 aromatic heterocycles. The highest BCUT2D eigenvalue weighted by Gasteiger charge is 2.48. The first kappa shape index (κ1) is 56.1. The zero-order chi connectivity index (χ0) is 53.3. The van der Waals surface area contributed by atoms with Crippen LogP contribution >= 0.6 is 0 Å². The van der Waals surface area contributed by atoms with E-state index in [2.05, 4.69) is 30.9 Å². The molecule has 4 aliphatic heterocycles. The number of hydrogen-bond acceptors (Lipinski definition) is 16. The van der Waals surface area contributed by atoms with Crippen LogP contribution in [0.1, 0.15) is 88.5 Å². The molecule has 1 N–H and O–H groups in total. The molecule has 0 radical (unpaired) electrons. The molecule has 19 nitrogen and oxygen atoms in total. The number of benzene rings is 3. The van der Waals surface area contributed by atoms with Gasteiger partial charge in [-0.2, -0.15) is 13.0 Å². The maximum atomic E-state index is 13.1. The lowest BCUT2D eigenvalue weighted by Crippen LogP contribution is -2.47. The number of anilines is 1. The van der Waals surface area contributed by atoms with E-state index in [4.69, 9.17) is 33.3 Å². The summed E-state index contributed by atoms with van der Waals surface area (Å²) in [5.41, 5.74) is 4.92. The maximum Gasteiger partial charge on any atom is 0.333 e. The van der Waals surface area contributed by atoms with Gasteiger partial charge in [0.1, 0.15) is 28.2 Å². The number of carbonyl (C=O) groups excluding carboxylic acids is 3. The second-order valence-electron chi connectivity index (χ2n) is 19.1. The van der Waals surface area contributed by atoms with E-state index >= 15 is 0 Å². The third kappa shape index (κ3) is 13.8. The van der Waals surface area contributed by atoms with Crippen molar-refractivity contribution in [1.82, 2.24) is 5.06 Å². The van der Waals surface area contributed by atoms with Crippen molar-refractivity contribution in [1.29, 1.82) is 0 Å². The fraction of sp³-hybridized carbons (Fsp3) is 0.472. The van der Waals surface area contributed by atoms with E-state index in [9.17, 15) is 40.3 Å². The monoisotopic (exact) mass is 1060 g/mol. The Hall–Kier alpha value is -5.62. The van der Waals surface area contributed by atoms with Crippen molar-refractivity contribution in [2.24, 2.45) is 0 Å². The summed E-state index contributed by atoms with van der Waals surface area (Å²) in [6, 6.07) is 17.6. The van der Waals surface area contributed by atoms with Crippen molar-refractivity contribution < 1.29 is 78.2 Å². The van der Waals surface area contributed by atoms with E-state index in [1.165, 1.54) is 18.2 Å². The zero-order valence-electron chi connectivity index (χ0n) is 42.5. The molecule has 1 atom stereocenters. The van der Waals surface area contributed by atoms with Crippen LogP contribution in [0.4, 0.5) is 11.4 Å². The predicted molar refractivity (Wildman–Crippen MR) is 273 cm³/mol. The predicted octanol–water partition coefficient (Wildman–Crippen LogP) is 6.23. The molecule has 7 rings (SSSR count). The molecule has 21 heteroatoms. The lowest BCUT2D eigenvalue weighted by molar-refractivity contribution is -0.437. The lowest BCUT2D eigenvalue weighted by atomic mass is 9.74. The van der Waals surface area contributed by atoms with Crippen LogP contribution in [-0.4, -0.2) is 150 Å². The maximum absolute atomic E-state index is 13.1. The van der Waals surface area contributed by atoms with Gasteiger partial charge in [0.25, 0.3) is 21.9 Å². The summed E-state index contributed by atoms with van der Waals surface area (Å²) in [4.78, 5) is 44.6. The molecule has 400 valence electrons. The Balaban J connectivity index is 1.23. The summed E-state index contributed by atoms with van der Waals surface area (Å²) in [6.07, 6.45) is 5.85. The molecule has 4 aliphatic rings. The zero-order valence-corrected chi connectivity index (χ0v) is 44.1. The lowest BCUT2D eigenvalue weighted by Gasteiger charge is -2.44. The number of fused-ring (bicyclic) bond motifs is 3. The highest BCUT2D eigenvalue weighted by atomic mass is 32.2. The summed E-state index contributed by atoms with van der Waals surface area (Å²) in [6.45, 7) is 12.8. The van der Waals surface area contributed by atoms with E-state index in [0.717, 1.165) is 22.4 Å². The Kier molecular flexibility index (Phi) is 18.5. The topological polar surface area (TPSA) is 237 Å². The molecular formula is C53H65N3O16S2. The largest absolute Gasteiger partial charge is 0.744 e. The normalized spacial score (nSPS) is 18.8. The van der Waals surface area contributed by atoms with Crippen LogP contribution in [0.25, 0.3) is 16.9 Å². The smallest absolute Gasteiger partial charge is 0.333 e. The van der Waals surface area contributed by atoms with Crippen LogP contribution in [0, 0.1) is 0 Å². The molecule has 1 fully saturated rings. The van der Waals surface area contributed by atoms with E-state index in [1.807, 2.05) is 67.0 Å². The summed E-state index contributed by atoms with van der Waals surface area (Å²) in [7, 11) is -7.73. The molecule has 1 saturated heterocycles. The van der Waals surface area contributed by atoms with Gasteiger partial charge in [-0.1, -0.05) is 36.4 Å². The molecule has 0 bridgehead atoms. The third-order valence-electron chi connectivity index (χ3n) is 13.3. The minimum atomic E-state index is -4.96. The first-order valence-corrected chi connectivity index (χ1v) is 27.6. The number of hydroxylamine groups is 2. The standard InChI is InChI=1S/C53H65N3O16S2/c1-37-36-52(2,3)55(20-21-67-24-25-69-28-29-70-27-26-68-23-22-66-5)45-35-47-42(34-41(37)45)39(31-46(71-47)38-11-7-6-8-12-38)32-48-53(4,18-9-13-51(59)72-56-49(57)16-17-50(56)58)43-33-40(74(63,64)65)14-15-44(43)54(48)19-10-30-73(60,61)62/h6-8,11-12,14-15,31-36H,9-10,13,16-30H2,1-5H3,(H-,60,61,62,63,64,65). The number of carbonyl (C=O) groups is 3. The average Bonchev–Trinajstić information content (AvgIpc) is 3.78. The molecule has 2 amide bonds. The fourth-order valence-corrected chi connectivity index (χ4v) is 10.7. The molecule has 0 aliphatic carbocycles. The Morgan fingerprint density at radius 3 is 2.09 bits per heavy atom. The van der Waals surface area contributed by atoms with Gasteiger partial charge >= 0.3 is 5.97 Å². The van der Waals surface area contributed by atoms with Crippen molar-refractivity contribution in [3.05, 3.63) is 101 Å². The van der Waals surface area contributed by atoms with Crippen LogP contribution < -0.4 is 9.64 Å². The summed E-state index contributed by atoms with van der Waals surface area (Å²) in [5.74, 6) is -1.60. The Morgan fingerprint density at radius 1 is 0.838 bits per heavy atom. The molecule has 74 heavy (non-hydrogen) atoms. The minimum absolute atomic E-state index is 0.0371. The first-order chi connectivity index (χ1) is 35.2. The summed E-state index contributed by atoms with van der Waals surface area (Å²) >= 11 is 0.